The van der Waals surface area contributed by atoms with Gasteiger partial charge < -0.3 is 14.2 Å². The molecule has 4 rings (SSSR count). The van der Waals surface area contributed by atoms with E-state index in [-0.39, 0.29) is 11.8 Å². The Balaban J connectivity index is 1.44. The van der Waals surface area contributed by atoms with Crippen LogP contribution in [0.25, 0.3) is 0 Å². The fourth-order valence-electron chi connectivity index (χ4n) is 3.68. The molecule has 2 aliphatic heterocycles. The second kappa shape index (κ2) is 6.40. The summed E-state index contributed by atoms with van der Waals surface area (Å²) in [4.78, 5) is 21.5. The van der Waals surface area contributed by atoms with Gasteiger partial charge in [0.05, 0.1) is 12.5 Å². The average Bonchev–Trinajstić information content (AvgIpc) is 3.20. The van der Waals surface area contributed by atoms with E-state index in [1.165, 1.54) is 5.56 Å². The first kappa shape index (κ1) is 15.4. The van der Waals surface area contributed by atoms with Crippen LogP contribution in [0.2, 0.25) is 0 Å². The van der Waals surface area contributed by atoms with Crippen LogP contribution in [0.4, 0.5) is 0 Å². The van der Waals surface area contributed by atoms with Crippen LogP contribution in [0.1, 0.15) is 29.3 Å². The van der Waals surface area contributed by atoms with Gasteiger partial charge in [0.1, 0.15) is 11.5 Å². The highest BCUT2D eigenvalue weighted by Gasteiger charge is 2.32. The number of benzene rings is 1. The average molecular weight is 325 g/mol. The summed E-state index contributed by atoms with van der Waals surface area (Å²) in [6, 6.07) is 10.2. The van der Waals surface area contributed by atoms with Gasteiger partial charge in [-0.2, -0.15) is 0 Å². The molecule has 1 aromatic carbocycles. The lowest BCUT2D eigenvalue weighted by atomic mass is 10.1. The first-order valence-corrected chi connectivity index (χ1v) is 8.68. The first-order valence-electron chi connectivity index (χ1n) is 8.68. The molecular weight excluding hydrogens is 302 g/mol. The number of fused-ring (bicyclic) bond motifs is 1. The van der Waals surface area contributed by atoms with E-state index in [9.17, 15) is 4.79 Å². The lowest BCUT2D eigenvalue weighted by Gasteiger charge is -2.27. The number of hydrogen-bond donors (Lipinski definition) is 0. The predicted octanol–water partition coefficient (Wildman–Crippen LogP) is 2.10. The number of nitrogens with zero attached hydrogens (tertiary/aromatic N) is 3. The van der Waals surface area contributed by atoms with Crippen LogP contribution in [-0.2, 0) is 24.2 Å². The molecule has 5 heteroatoms. The van der Waals surface area contributed by atoms with Crippen molar-refractivity contribution in [2.75, 3.05) is 26.7 Å². The Morgan fingerprint density at radius 2 is 2.12 bits per heavy atom. The van der Waals surface area contributed by atoms with Gasteiger partial charge >= 0.3 is 0 Å². The van der Waals surface area contributed by atoms with Crippen LogP contribution in [0.15, 0.2) is 34.7 Å². The third kappa shape index (κ3) is 3.08. The van der Waals surface area contributed by atoms with Crippen molar-refractivity contribution in [3.63, 3.8) is 0 Å². The maximum absolute atomic E-state index is 12.7. The lowest BCUT2D eigenvalue weighted by Crippen LogP contribution is -2.40. The Kier molecular flexibility index (Phi) is 4.10. The third-order valence-corrected chi connectivity index (χ3v) is 5.02. The van der Waals surface area contributed by atoms with Crippen molar-refractivity contribution >= 4 is 5.91 Å². The number of likely N-dealkylation sites (tertiary alicyclic amines) is 1. The van der Waals surface area contributed by atoms with Gasteiger partial charge in [0, 0.05) is 25.9 Å². The maximum atomic E-state index is 12.7. The van der Waals surface area contributed by atoms with E-state index < -0.39 is 0 Å². The first-order chi connectivity index (χ1) is 11.7. The molecule has 0 spiro atoms. The zero-order valence-corrected chi connectivity index (χ0v) is 14.1. The van der Waals surface area contributed by atoms with Crippen molar-refractivity contribution in [1.29, 1.82) is 0 Å². The molecule has 5 nitrogen and oxygen atoms in total. The second-order valence-electron chi connectivity index (χ2n) is 6.90. The van der Waals surface area contributed by atoms with E-state index in [4.69, 9.17) is 4.42 Å². The monoisotopic (exact) mass is 325 g/mol. The molecule has 3 heterocycles. The van der Waals surface area contributed by atoms with Gasteiger partial charge in [-0.1, -0.05) is 30.3 Å². The smallest absolute Gasteiger partial charge is 0.227 e. The van der Waals surface area contributed by atoms with E-state index >= 15 is 0 Å². The quantitative estimate of drug-likeness (QED) is 0.867. The number of aromatic nitrogens is 1. The largest absolute Gasteiger partial charge is 0.445 e. The molecule has 0 N–H and O–H groups in total. The number of hydrogen-bond acceptors (Lipinski definition) is 4. The molecule has 2 aliphatic rings. The summed E-state index contributed by atoms with van der Waals surface area (Å²) in [5.41, 5.74) is 2.13. The van der Waals surface area contributed by atoms with Crippen LogP contribution in [-0.4, -0.2) is 47.4 Å². The van der Waals surface area contributed by atoms with E-state index in [0.717, 1.165) is 49.8 Å². The van der Waals surface area contributed by atoms with Crippen LogP contribution in [0.5, 0.6) is 0 Å². The van der Waals surface area contributed by atoms with Crippen molar-refractivity contribution in [1.82, 2.24) is 14.8 Å². The maximum Gasteiger partial charge on any atom is 0.227 e. The number of oxazole rings is 1. The molecule has 1 amide bonds. The highest BCUT2D eigenvalue weighted by molar-refractivity contribution is 5.79. The molecular formula is C19H23N3O2. The third-order valence-electron chi connectivity index (χ3n) is 5.02. The Labute approximate surface area is 142 Å². The second-order valence-corrected chi connectivity index (χ2v) is 6.90. The van der Waals surface area contributed by atoms with E-state index in [0.29, 0.717) is 13.0 Å². The van der Waals surface area contributed by atoms with Crippen LogP contribution < -0.4 is 0 Å². The highest BCUT2D eigenvalue weighted by atomic mass is 16.4. The highest BCUT2D eigenvalue weighted by Crippen LogP contribution is 2.24. The molecule has 0 bridgehead atoms. The zero-order valence-electron chi connectivity index (χ0n) is 14.1. The van der Waals surface area contributed by atoms with Gasteiger partial charge in [-0.05, 0) is 25.6 Å². The summed E-state index contributed by atoms with van der Waals surface area (Å²) >= 11 is 0. The van der Waals surface area contributed by atoms with E-state index in [1.807, 2.05) is 23.1 Å². The van der Waals surface area contributed by atoms with E-state index in [2.05, 4.69) is 29.1 Å². The molecule has 24 heavy (non-hydrogen) atoms. The summed E-state index contributed by atoms with van der Waals surface area (Å²) in [6.07, 6.45) is 2.44. The Morgan fingerprint density at radius 3 is 2.88 bits per heavy atom. The van der Waals surface area contributed by atoms with Gasteiger partial charge in [0.15, 0.2) is 5.89 Å². The summed E-state index contributed by atoms with van der Waals surface area (Å²) in [5.74, 6) is 2.12. The molecule has 126 valence electrons. The topological polar surface area (TPSA) is 49.6 Å². The van der Waals surface area contributed by atoms with Gasteiger partial charge in [-0.15, -0.1) is 0 Å². The summed E-state index contributed by atoms with van der Waals surface area (Å²) < 4.78 is 5.92. The molecule has 0 radical (unpaired) electrons. The molecule has 1 aromatic heterocycles. The van der Waals surface area contributed by atoms with Crippen LogP contribution in [0, 0.1) is 5.92 Å². The van der Waals surface area contributed by atoms with Crippen molar-refractivity contribution < 1.29 is 9.21 Å². The Morgan fingerprint density at radius 1 is 1.29 bits per heavy atom. The summed E-state index contributed by atoms with van der Waals surface area (Å²) in [6.45, 7) is 3.22. The van der Waals surface area contributed by atoms with Gasteiger partial charge in [-0.25, -0.2) is 4.98 Å². The SMILES string of the molecule is CN1CCC(C(=O)N2CCc3oc(Cc4ccccc4)nc3C2)C1. The van der Waals surface area contributed by atoms with Crippen LogP contribution >= 0.6 is 0 Å². The predicted molar refractivity (Wildman–Crippen MR) is 90.5 cm³/mol. The molecule has 0 saturated carbocycles. The number of amides is 1. The molecule has 0 aliphatic carbocycles. The van der Waals surface area contributed by atoms with Crippen LogP contribution in [0.3, 0.4) is 0 Å². The summed E-state index contributed by atoms with van der Waals surface area (Å²) in [5, 5.41) is 0. The normalized spacial score (nSPS) is 21.0. The lowest BCUT2D eigenvalue weighted by molar-refractivity contribution is -0.136. The molecule has 1 unspecified atom stereocenters. The van der Waals surface area contributed by atoms with E-state index in [1.54, 1.807) is 0 Å². The van der Waals surface area contributed by atoms with Crippen molar-refractivity contribution in [3.8, 4) is 0 Å². The van der Waals surface area contributed by atoms with Gasteiger partial charge in [0.2, 0.25) is 5.91 Å². The summed E-state index contributed by atoms with van der Waals surface area (Å²) in [7, 11) is 2.08. The zero-order chi connectivity index (χ0) is 16.5. The standard InChI is InChI=1S/C19H23N3O2/c1-21-9-7-15(12-21)19(23)22-10-8-17-16(13-22)20-18(24-17)11-14-5-3-2-4-6-14/h2-6,15H,7-13H2,1H3. The number of carbonyl (C=O) groups excluding carboxylic acids is 1. The number of carbonyl (C=O) groups is 1. The number of rotatable bonds is 3. The van der Waals surface area contributed by atoms with Crippen molar-refractivity contribution in [2.24, 2.45) is 5.92 Å². The molecule has 1 atom stereocenters. The fourth-order valence-corrected chi connectivity index (χ4v) is 3.68. The van der Waals surface area contributed by atoms with Gasteiger partial charge in [0.25, 0.3) is 0 Å². The Bertz CT molecular complexity index is 725. The molecule has 1 fully saturated rings. The molecule has 1 saturated heterocycles. The minimum absolute atomic E-state index is 0.146. The molecule has 2 aromatic rings. The Hall–Kier alpha value is -2.14. The minimum Gasteiger partial charge on any atom is -0.445 e. The van der Waals surface area contributed by atoms with Crippen molar-refractivity contribution in [3.05, 3.63) is 53.2 Å². The fraction of sp³-hybridized carbons (Fsp3) is 0.474. The minimum atomic E-state index is 0.146. The van der Waals surface area contributed by atoms with Crippen molar-refractivity contribution in [2.45, 2.75) is 25.8 Å². The van der Waals surface area contributed by atoms with Gasteiger partial charge in [-0.3, -0.25) is 4.79 Å².